The van der Waals surface area contributed by atoms with Crippen LogP contribution in [0.4, 0.5) is 0 Å². The van der Waals surface area contributed by atoms with Gasteiger partial charge in [0.2, 0.25) is 0 Å². The molecule has 1 aromatic rings. The standard InChI is InChI=1S/C10H14N2O5S2/c1-7(6-18(2)15)12-19(16,17)9-4-3-8(5-11-9)10(13)14/h3-5,7,12H,6H2,1-2H3,(H,13,14). The molecule has 0 bridgehead atoms. The number of carbonyl (C=O) groups is 1. The van der Waals surface area contributed by atoms with Crippen LogP contribution in [-0.2, 0) is 20.8 Å². The van der Waals surface area contributed by atoms with E-state index in [2.05, 4.69) is 9.71 Å². The maximum absolute atomic E-state index is 11.9. The monoisotopic (exact) mass is 306 g/mol. The lowest BCUT2D eigenvalue weighted by atomic mass is 10.3. The van der Waals surface area contributed by atoms with Crippen molar-refractivity contribution in [2.45, 2.75) is 18.0 Å². The average Bonchev–Trinajstić information content (AvgIpc) is 2.27. The summed E-state index contributed by atoms with van der Waals surface area (Å²) in [4.78, 5) is 14.2. The zero-order valence-electron chi connectivity index (χ0n) is 10.4. The minimum atomic E-state index is -3.84. The van der Waals surface area contributed by atoms with Crippen molar-refractivity contribution in [3.63, 3.8) is 0 Å². The van der Waals surface area contributed by atoms with E-state index < -0.39 is 32.8 Å². The summed E-state index contributed by atoms with van der Waals surface area (Å²) in [6.45, 7) is 1.59. The summed E-state index contributed by atoms with van der Waals surface area (Å²) in [6, 6.07) is 1.77. The van der Waals surface area contributed by atoms with E-state index in [1.54, 1.807) is 6.92 Å². The lowest BCUT2D eigenvalue weighted by Gasteiger charge is -2.12. The Balaban J connectivity index is 2.88. The molecule has 0 radical (unpaired) electrons. The van der Waals surface area contributed by atoms with E-state index >= 15 is 0 Å². The summed E-state index contributed by atoms with van der Waals surface area (Å²) in [6.07, 6.45) is 2.45. The van der Waals surface area contributed by atoms with Crippen LogP contribution in [0.5, 0.6) is 0 Å². The smallest absolute Gasteiger partial charge is 0.337 e. The molecule has 1 heterocycles. The van der Waals surface area contributed by atoms with Gasteiger partial charge in [0.25, 0.3) is 10.0 Å². The molecule has 2 unspecified atom stereocenters. The molecule has 0 amide bonds. The van der Waals surface area contributed by atoms with Crippen LogP contribution >= 0.6 is 0 Å². The second kappa shape index (κ2) is 6.22. The van der Waals surface area contributed by atoms with E-state index in [1.165, 1.54) is 6.26 Å². The van der Waals surface area contributed by atoms with E-state index in [0.717, 1.165) is 18.3 Å². The summed E-state index contributed by atoms with van der Waals surface area (Å²) in [5.41, 5.74) is -0.0957. The number of carboxylic acids is 1. The maximum atomic E-state index is 11.9. The Labute approximate surface area is 113 Å². The van der Waals surface area contributed by atoms with Gasteiger partial charge in [0.1, 0.15) is 0 Å². The van der Waals surface area contributed by atoms with Gasteiger partial charge in [-0.05, 0) is 19.1 Å². The van der Waals surface area contributed by atoms with E-state index in [0.29, 0.717) is 0 Å². The van der Waals surface area contributed by atoms with Crippen LogP contribution in [-0.4, -0.2) is 46.7 Å². The van der Waals surface area contributed by atoms with Crippen LogP contribution in [0.2, 0.25) is 0 Å². The predicted octanol–water partition coefficient (Wildman–Crippen LogP) is -0.175. The second-order valence-electron chi connectivity index (χ2n) is 3.95. The molecule has 2 N–H and O–H groups in total. The van der Waals surface area contributed by atoms with Crippen molar-refractivity contribution in [2.24, 2.45) is 0 Å². The van der Waals surface area contributed by atoms with Crippen molar-refractivity contribution in [3.8, 4) is 0 Å². The minimum absolute atomic E-state index is 0.0957. The number of aromatic nitrogens is 1. The van der Waals surface area contributed by atoms with Crippen molar-refractivity contribution in [2.75, 3.05) is 12.0 Å². The van der Waals surface area contributed by atoms with Crippen LogP contribution < -0.4 is 4.72 Å². The summed E-state index contributed by atoms with van der Waals surface area (Å²) < 4.78 is 37.1. The van der Waals surface area contributed by atoms with E-state index in [4.69, 9.17) is 5.11 Å². The Kier molecular flexibility index (Phi) is 5.15. The molecule has 9 heteroatoms. The summed E-state index contributed by atoms with van der Waals surface area (Å²) in [5.74, 6) is -0.994. The van der Waals surface area contributed by atoms with Gasteiger partial charge in [0, 0.05) is 35.0 Å². The predicted molar refractivity (Wildman–Crippen MR) is 69.9 cm³/mol. The number of sulfonamides is 1. The van der Waals surface area contributed by atoms with Gasteiger partial charge in [-0.25, -0.2) is 22.9 Å². The van der Waals surface area contributed by atoms with Crippen molar-refractivity contribution in [1.82, 2.24) is 9.71 Å². The SMILES string of the molecule is CC(CS(C)=O)NS(=O)(=O)c1ccc(C(=O)O)cn1. The molecule has 7 nitrogen and oxygen atoms in total. The molecule has 1 aromatic heterocycles. The van der Waals surface area contributed by atoms with Crippen LogP contribution in [0.15, 0.2) is 23.4 Å². The van der Waals surface area contributed by atoms with Gasteiger partial charge in [0.15, 0.2) is 5.03 Å². The third-order valence-electron chi connectivity index (χ3n) is 2.10. The number of carboxylic acid groups (broad SMARTS) is 1. The van der Waals surface area contributed by atoms with Gasteiger partial charge >= 0.3 is 5.97 Å². The molecule has 2 atom stereocenters. The Bertz CT molecular complexity index is 582. The molecule has 0 aliphatic rings. The number of pyridine rings is 1. The van der Waals surface area contributed by atoms with Crippen molar-refractivity contribution < 1.29 is 22.5 Å². The highest BCUT2D eigenvalue weighted by Gasteiger charge is 2.19. The lowest BCUT2D eigenvalue weighted by molar-refractivity contribution is 0.0696. The second-order valence-corrected chi connectivity index (χ2v) is 7.09. The number of hydrogen-bond donors (Lipinski definition) is 2. The average molecular weight is 306 g/mol. The highest BCUT2D eigenvalue weighted by atomic mass is 32.2. The normalized spacial score (nSPS) is 14.8. The molecule has 0 aliphatic heterocycles. The van der Waals surface area contributed by atoms with E-state index in [9.17, 15) is 17.4 Å². The van der Waals surface area contributed by atoms with Gasteiger partial charge in [-0.15, -0.1) is 0 Å². The molecule has 0 aliphatic carbocycles. The molecular weight excluding hydrogens is 292 g/mol. The van der Waals surface area contributed by atoms with Gasteiger partial charge in [-0.1, -0.05) is 0 Å². The zero-order valence-corrected chi connectivity index (χ0v) is 12.0. The van der Waals surface area contributed by atoms with Crippen molar-refractivity contribution in [1.29, 1.82) is 0 Å². The molecule has 0 aromatic carbocycles. The highest BCUT2D eigenvalue weighted by molar-refractivity contribution is 7.89. The number of rotatable bonds is 6. The van der Waals surface area contributed by atoms with Crippen LogP contribution in [0.1, 0.15) is 17.3 Å². The zero-order chi connectivity index (χ0) is 14.6. The number of aromatic carboxylic acids is 1. The largest absolute Gasteiger partial charge is 0.478 e. The lowest BCUT2D eigenvalue weighted by Crippen LogP contribution is -2.36. The summed E-state index contributed by atoms with van der Waals surface area (Å²) in [5, 5.41) is 8.41. The molecule has 0 fully saturated rings. The Morgan fingerprint density at radius 3 is 2.58 bits per heavy atom. The first-order chi connectivity index (χ1) is 8.72. The van der Waals surface area contributed by atoms with Gasteiger partial charge < -0.3 is 5.11 Å². The summed E-state index contributed by atoms with van der Waals surface area (Å²) in [7, 11) is -4.96. The first-order valence-corrected chi connectivity index (χ1v) is 8.45. The molecule has 0 saturated heterocycles. The topological polar surface area (TPSA) is 113 Å². The fraction of sp³-hybridized carbons (Fsp3) is 0.400. The fourth-order valence-electron chi connectivity index (χ4n) is 1.38. The fourth-order valence-corrected chi connectivity index (χ4v) is 3.44. The first kappa shape index (κ1) is 15.7. The Hall–Kier alpha value is -1.32. The van der Waals surface area contributed by atoms with Gasteiger partial charge in [-0.2, -0.15) is 0 Å². The van der Waals surface area contributed by atoms with E-state index in [1.807, 2.05) is 0 Å². The summed E-state index contributed by atoms with van der Waals surface area (Å²) >= 11 is 0. The van der Waals surface area contributed by atoms with Gasteiger partial charge in [-0.3, -0.25) is 4.21 Å². The van der Waals surface area contributed by atoms with Crippen LogP contribution in [0.25, 0.3) is 0 Å². The number of hydrogen-bond acceptors (Lipinski definition) is 5. The third-order valence-corrected chi connectivity index (χ3v) is 4.57. The first-order valence-electron chi connectivity index (χ1n) is 5.24. The highest BCUT2D eigenvalue weighted by Crippen LogP contribution is 2.07. The Morgan fingerprint density at radius 2 is 2.16 bits per heavy atom. The van der Waals surface area contributed by atoms with Crippen LogP contribution in [0.3, 0.4) is 0 Å². The molecular formula is C10H14N2O5S2. The Morgan fingerprint density at radius 1 is 1.53 bits per heavy atom. The van der Waals surface area contributed by atoms with Crippen molar-refractivity contribution in [3.05, 3.63) is 23.9 Å². The molecule has 0 saturated carbocycles. The van der Waals surface area contributed by atoms with Gasteiger partial charge in [0.05, 0.1) is 5.56 Å². The van der Waals surface area contributed by atoms with E-state index in [-0.39, 0.29) is 16.3 Å². The van der Waals surface area contributed by atoms with Crippen LogP contribution in [0, 0.1) is 0 Å². The van der Waals surface area contributed by atoms with Crippen molar-refractivity contribution >= 4 is 26.8 Å². The number of nitrogens with zero attached hydrogens (tertiary/aromatic N) is 1. The molecule has 106 valence electrons. The molecule has 19 heavy (non-hydrogen) atoms. The minimum Gasteiger partial charge on any atom is -0.478 e. The third kappa shape index (κ3) is 4.69. The number of nitrogens with one attached hydrogen (secondary N) is 1. The molecule has 0 spiro atoms. The quantitative estimate of drug-likeness (QED) is 0.754. The molecule has 1 rings (SSSR count). The maximum Gasteiger partial charge on any atom is 0.337 e.